The van der Waals surface area contributed by atoms with Gasteiger partial charge in [0.1, 0.15) is 28.8 Å². The number of nitrogens with zero attached hydrogens (tertiary/aromatic N) is 10. The number of hydrogen-bond donors (Lipinski definition) is 14. The summed E-state index contributed by atoms with van der Waals surface area (Å²) in [7, 11) is -9.94. The number of hydrogen-bond acceptors (Lipinski definition) is 33. The molecule has 0 spiro atoms. The number of phenols is 2. The number of aromatic carboxylic acids is 3. The number of azo groups is 2. The van der Waals surface area contributed by atoms with Gasteiger partial charge in [0.25, 0.3) is 20.2 Å². The van der Waals surface area contributed by atoms with Crippen LogP contribution in [0.3, 0.4) is 0 Å². The van der Waals surface area contributed by atoms with Crippen molar-refractivity contribution in [2.75, 3.05) is 28.1 Å². The van der Waals surface area contributed by atoms with Crippen molar-refractivity contribution in [3.05, 3.63) is 125 Å². The van der Waals surface area contributed by atoms with Crippen LogP contribution in [0.25, 0.3) is 21.5 Å². The quantitative estimate of drug-likeness (QED) is 0.00631. The van der Waals surface area contributed by atoms with Crippen molar-refractivity contribution in [3.63, 3.8) is 0 Å². The summed E-state index contributed by atoms with van der Waals surface area (Å²) in [6, 6.07) is 18.7. The Morgan fingerprint density at radius 2 is 0.889 bits per heavy atom. The highest BCUT2D eigenvalue weighted by atomic mass is 32.2. The summed E-state index contributed by atoms with van der Waals surface area (Å²) < 4.78 is 84.8. The average molecular weight is 1320 g/mol. The molecule has 464 valence electrons. The van der Waals surface area contributed by atoms with E-state index in [9.17, 15) is 71.0 Å². The van der Waals surface area contributed by atoms with Gasteiger partial charge in [-0.05, 0) is 116 Å². The molecule has 2 heterocycles. The first-order chi connectivity index (χ1) is 42.8. The smallest absolute Gasteiger partial charge is 0.335 e. The Hall–Kier alpha value is -10.5. The lowest BCUT2D eigenvalue weighted by atomic mass is 10.1. The van der Waals surface area contributed by atoms with Crippen LogP contribution in [0.4, 0.5) is 69.3 Å². The molecule has 0 fully saturated rings. The fraction of sp³-hybridized carbons (Fsp3) is 0.0600. The Labute approximate surface area is 510 Å². The van der Waals surface area contributed by atoms with Crippen molar-refractivity contribution in [2.45, 2.75) is 33.4 Å². The molecule has 0 bridgehead atoms. The number of fused-ring (bicyclic) bond motifs is 2. The van der Waals surface area contributed by atoms with Crippen LogP contribution < -0.4 is 26.0 Å². The number of ether oxygens (including phenoxy) is 1. The number of anilines is 8. The topological polar surface area (TPSA) is 543 Å². The zero-order valence-corrected chi connectivity index (χ0v) is 48.2. The number of aliphatic hydroxyl groups is 1. The number of carboxylic acids is 3. The summed E-state index contributed by atoms with van der Waals surface area (Å²) in [4.78, 5) is 59.6. The van der Waals surface area contributed by atoms with Crippen molar-refractivity contribution in [2.24, 2.45) is 20.5 Å². The molecule has 0 atom stereocenters. The van der Waals surface area contributed by atoms with Gasteiger partial charge in [-0.1, -0.05) is 10.1 Å². The first kappa shape index (κ1) is 64.0. The summed E-state index contributed by atoms with van der Waals surface area (Å²) in [5.41, 5.74) is -2.32. The zero-order chi connectivity index (χ0) is 64.8. The molecular weight excluding hydrogens is 1280 g/mol. The standard InChI is InChI=1S/C50H38N14O22S4/c1-20-51-47(59-49(53-20)57-34-17-32(89(76,77)78)12-22-14-36(87-85-83-74)40(42(66)38(22)34)63-61-29-8-24(44(68)69)7-25(9-29)45(70)71)55-27-3-5-28(6-4-27)56-48-52-21(2)54-50(60-48)58-35-18-33(90(79,80)81)13-23-15-37(88-86-84-75)41(43(67)39(23)35)64-62-30-10-26(46(72)73)11-31(16-30)82-19-65/h3-18,65-67,74-75H,19H2,1-2H3,(H,68,69)(H,70,71)(H,72,73)(H,76,77,78)(H,79,80,81)(H2,51,53,55,57,59)(H2,52,54,56,58,60). The molecule has 9 rings (SSSR count). The van der Waals surface area contributed by atoms with Gasteiger partial charge in [0.15, 0.2) is 18.3 Å². The molecule has 0 saturated carbocycles. The third kappa shape index (κ3) is 15.3. The Kier molecular flexibility index (Phi) is 19.1. The molecule has 36 nitrogen and oxygen atoms in total. The molecule has 14 N–H and O–H groups in total. The number of nitrogens with one attached hydrogen (secondary N) is 4. The molecule has 0 aliphatic heterocycles. The van der Waals surface area contributed by atoms with Crippen LogP contribution >= 0.6 is 24.1 Å². The van der Waals surface area contributed by atoms with Gasteiger partial charge in [-0.2, -0.15) is 57.0 Å². The number of rotatable bonds is 25. The molecule has 40 heteroatoms. The maximum atomic E-state index is 12.6. The van der Waals surface area contributed by atoms with E-state index in [2.05, 4.69) is 90.4 Å². The average Bonchev–Trinajstić information content (AvgIpc) is 0.880. The minimum absolute atomic E-state index is 0.0781. The van der Waals surface area contributed by atoms with Gasteiger partial charge >= 0.3 is 17.9 Å². The van der Waals surface area contributed by atoms with Crippen LogP contribution in [0.15, 0.2) is 137 Å². The van der Waals surface area contributed by atoms with Crippen molar-refractivity contribution in [1.82, 2.24) is 29.9 Å². The Balaban J connectivity index is 0.996. The number of phenolic OH excluding ortho intramolecular Hbond substituents is 2. The number of aliphatic hydroxyl groups excluding tert-OH is 1. The van der Waals surface area contributed by atoms with E-state index < -0.39 is 88.7 Å². The minimum Gasteiger partial charge on any atom is -0.505 e. The predicted molar refractivity (Wildman–Crippen MR) is 311 cm³/mol. The lowest BCUT2D eigenvalue weighted by Gasteiger charge is -2.16. The highest BCUT2D eigenvalue weighted by molar-refractivity contribution is 7.95. The molecule has 90 heavy (non-hydrogen) atoms. The number of aryl methyl sites for hydroxylation is 2. The van der Waals surface area contributed by atoms with Crippen LogP contribution in [0.1, 0.15) is 42.7 Å². The van der Waals surface area contributed by atoms with Gasteiger partial charge in [0, 0.05) is 28.2 Å². The molecule has 0 unspecified atom stereocenters. The van der Waals surface area contributed by atoms with Gasteiger partial charge in [-0.3, -0.25) is 9.11 Å². The molecule has 0 radical (unpaired) electrons. The highest BCUT2D eigenvalue weighted by Gasteiger charge is 2.25. The third-order valence-electron chi connectivity index (χ3n) is 11.8. The van der Waals surface area contributed by atoms with Gasteiger partial charge in [-0.25, -0.2) is 24.9 Å². The van der Waals surface area contributed by atoms with E-state index in [1.165, 1.54) is 32.0 Å². The Morgan fingerprint density at radius 3 is 1.26 bits per heavy atom. The van der Waals surface area contributed by atoms with E-state index in [4.69, 9.17) is 15.3 Å². The zero-order valence-electron chi connectivity index (χ0n) is 44.9. The van der Waals surface area contributed by atoms with Crippen LogP contribution in [0.5, 0.6) is 17.2 Å². The van der Waals surface area contributed by atoms with E-state index >= 15 is 0 Å². The fourth-order valence-electron chi connectivity index (χ4n) is 8.22. The molecule has 0 aliphatic carbocycles. The van der Waals surface area contributed by atoms with E-state index in [0.717, 1.165) is 54.6 Å². The van der Waals surface area contributed by atoms with Crippen LogP contribution in [0, 0.1) is 13.8 Å². The van der Waals surface area contributed by atoms with Crippen molar-refractivity contribution >= 4 is 153 Å². The summed E-state index contributed by atoms with van der Waals surface area (Å²) in [6.45, 7) is 2.15. The maximum Gasteiger partial charge on any atom is 0.335 e. The molecule has 2 aromatic heterocycles. The summed E-state index contributed by atoms with van der Waals surface area (Å²) in [5, 5.41) is 114. The lowest BCUT2D eigenvalue weighted by Crippen LogP contribution is -2.07. The SMILES string of the molecule is Cc1nc(Nc2ccc(Nc3nc(C)nc(Nc4cc(S(=O)(=O)O)cc5cc(SOOO)c(N=Nc6cc(C(=O)O)cc(C(=O)O)c6)c(O)c45)n3)cc2)nc(Nc2cc(S(=O)(=O)O)cc3cc(SOOO)c(N=Nc4cc(OCO)cc(C(=O)O)c4)c(O)c23)n1. The van der Waals surface area contributed by atoms with E-state index in [1.54, 1.807) is 24.3 Å². The molecule has 7 aromatic carbocycles. The van der Waals surface area contributed by atoms with Crippen LogP contribution in [-0.4, -0.2) is 122 Å². The van der Waals surface area contributed by atoms with Crippen molar-refractivity contribution < 1.29 is 105 Å². The Bertz CT molecular complexity index is 4640. The second-order valence-electron chi connectivity index (χ2n) is 17.9. The largest absolute Gasteiger partial charge is 0.505 e. The minimum atomic E-state index is -4.98. The van der Waals surface area contributed by atoms with Crippen LogP contribution in [-0.2, 0) is 39.0 Å². The molecule has 0 saturated heterocycles. The maximum absolute atomic E-state index is 12.6. The van der Waals surface area contributed by atoms with Crippen LogP contribution in [0.2, 0.25) is 0 Å². The van der Waals surface area contributed by atoms with Crippen molar-refractivity contribution in [1.29, 1.82) is 0 Å². The first-order valence-electron chi connectivity index (χ1n) is 24.4. The Morgan fingerprint density at radius 1 is 0.511 bits per heavy atom. The predicted octanol–water partition coefficient (Wildman–Crippen LogP) is 9.97. The highest BCUT2D eigenvalue weighted by Crippen LogP contribution is 2.49. The number of carbonyl (C=O) groups is 3. The third-order valence-corrected chi connectivity index (χ3v) is 14.7. The van der Waals surface area contributed by atoms with Gasteiger partial charge in [-0.15, -0.1) is 18.9 Å². The summed E-state index contributed by atoms with van der Waals surface area (Å²) in [6.07, 6.45) is 0. The first-order valence-corrected chi connectivity index (χ1v) is 28.8. The van der Waals surface area contributed by atoms with E-state index in [0.29, 0.717) is 11.4 Å². The number of benzene rings is 7. The number of aromatic hydroxyl groups is 2. The second-order valence-corrected chi connectivity index (χ2v) is 22.2. The van der Waals surface area contributed by atoms with Gasteiger partial charge in [0.2, 0.25) is 23.8 Å². The lowest BCUT2D eigenvalue weighted by molar-refractivity contribution is -0.432. The monoisotopic (exact) mass is 1310 g/mol. The second kappa shape index (κ2) is 26.9. The van der Waals surface area contributed by atoms with Crippen molar-refractivity contribution in [3.8, 4) is 17.2 Å². The fourth-order valence-corrected chi connectivity index (χ4v) is 10.3. The molecule has 9 aromatic rings. The molecule has 0 aliphatic rings. The summed E-state index contributed by atoms with van der Waals surface area (Å²) >= 11 is 0.516. The normalized spacial score (nSPS) is 11.8. The molecular formula is C50H38N14O22S4. The number of aromatic nitrogens is 6. The molecule has 0 amide bonds. The van der Waals surface area contributed by atoms with Gasteiger partial charge in [0.05, 0.1) is 83.1 Å². The van der Waals surface area contributed by atoms with Gasteiger partial charge < -0.3 is 56.6 Å². The van der Waals surface area contributed by atoms with E-state index in [1.807, 2.05) is 0 Å². The number of carboxylic acid groups (broad SMARTS) is 3. The van der Waals surface area contributed by atoms with E-state index in [-0.39, 0.29) is 125 Å². The summed E-state index contributed by atoms with van der Waals surface area (Å²) in [5.74, 6) is -6.44.